The van der Waals surface area contributed by atoms with Crippen molar-refractivity contribution < 1.29 is 31.8 Å². The molecule has 0 unspecified atom stereocenters. The summed E-state index contributed by atoms with van der Waals surface area (Å²) in [6.07, 6.45) is -4.18. The molecule has 3 aromatic carbocycles. The highest BCUT2D eigenvalue weighted by Gasteiger charge is 2.47. The average Bonchev–Trinajstić information content (AvgIpc) is 3.44. The normalized spacial score (nSPS) is 16.5. The fraction of sp³-hybridized carbons (Fsp3) is 0.343. The zero-order valence-electron chi connectivity index (χ0n) is 26.1. The van der Waals surface area contributed by atoms with Crippen LogP contribution in [0.5, 0.6) is 0 Å². The van der Waals surface area contributed by atoms with Crippen molar-refractivity contribution in [2.24, 2.45) is 5.73 Å². The molecule has 48 heavy (non-hydrogen) atoms. The summed E-state index contributed by atoms with van der Waals surface area (Å²) < 4.78 is 70.1. The Morgan fingerprint density at radius 1 is 0.979 bits per heavy atom. The van der Waals surface area contributed by atoms with Gasteiger partial charge >= 0.3 is 17.8 Å². The molecule has 1 fully saturated rings. The smallest absolute Gasteiger partial charge is 0.416 e. The highest BCUT2D eigenvalue weighted by molar-refractivity contribution is 5.89. The van der Waals surface area contributed by atoms with E-state index in [1.54, 1.807) is 48.5 Å². The Labute approximate surface area is 273 Å². The molecule has 6 rings (SSSR count). The number of halogens is 4. The number of esters is 1. The lowest BCUT2D eigenvalue weighted by molar-refractivity contribution is -0.138. The maximum Gasteiger partial charge on any atom is 0.416 e. The van der Waals surface area contributed by atoms with Gasteiger partial charge in [-0.05, 0) is 48.2 Å². The average molecular weight is 667 g/mol. The summed E-state index contributed by atoms with van der Waals surface area (Å²) in [6.45, 7) is 0.257. The standard InChI is InChI=1S/C35H34F4N4O5/c1-47-32(45)24-10-5-7-22(17-24)18-41-15-13-34(14-16-41)30-29(21-48-34)42(19-25-26(35(37,38)39)11-6-12-27(25)36)33(46)43(31(30)44)20-28(40)23-8-3-2-4-9-23/h2-12,17,28H,13-16,18-21,40H2,1H3/t28-/m0/s1. The minimum Gasteiger partial charge on any atom is -0.465 e. The van der Waals surface area contributed by atoms with E-state index in [9.17, 15) is 27.6 Å². The molecule has 1 spiro atoms. The number of carbonyl (C=O) groups is 1. The number of likely N-dealkylation sites (tertiary alicyclic amines) is 1. The fourth-order valence-corrected chi connectivity index (χ4v) is 6.74. The first-order valence-corrected chi connectivity index (χ1v) is 15.5. The number of alkyl halides is 3. The van der Waals surface area contributed by atoms with Gasteiger partial charge < -0.3 is 15.2 Å². The van der Waals surface area contributed by atoms with E-state index in [-0.39, 0.29) is 24.4 Å². The van der Waals surface area contributed by atoms with E-state index in [1.807, 2.05) is 6.07 Å². The number of methoxy groups -OCH3 is 1. The van der Waals surface area contributed by atoms with Crippen LogP contribution < -0.4 is 17.0 Å². The lowest BCUT2D eigenvalue weighted by Crippen LogP contribution is -2.49. The van der Waals surface area contributed by atoms with Crippen molar-refractivity contribution >= 4 is 5.97 Å². The number of hydrogen-bond donors (Lipinski definition) is 1. The molecule has 0 radical (unpaired) electrons. The van der Waals surface area contributed by atoms with Gasteiger partial charge in [0.05, 0.1) is 49.2 Å². The first-order valence-electron chi connectivity index (χ1n) is 15.5. The molecule has 0 bridgehead atoms. The van der Waals surface area contributed by atoms with Crippen LogP contribution in [0.4, 0.5) is 17.6 Å². The molecular formula is C35H34F4N4O5. The van der Waals surface area contributed by atoms with Crippen LogP contribution in [0, 0.1) is 5.82 Å². The predicted octanol–water partition coefficient (Wildman–Crippen LogP) is 4.72. The molecule has 13 heteroatoms. The Morgan fingerprint density at radius 2 is 1.69 bits per heavy atom. The number of ether oxygens (including phenoxy) is 2. The van der Waals surface area contributed by atoms with Crippen LogP contribution in [0.3, 0.4) is 0 Å². The van der Waals surface area contributed by atoms with E-state index in [0.29, 0.717) is 43.6 Å². The number of nitrogens with zero attached hydrogens (tertiary/aromatic N) is 3. The molecule has 0 aliphatic carbocycles. The van der Waals surface area contributed by atoms with Crippen molar-refractivity contribution in [3.8, 4) is 0 Å². The summed E-state index contributed by atoms with van der Waals surface area (Å²) in [7, 11) is 1.31. The van der Waals surface area contributed by atoms with Crippen molar-refractivity contribution in [1.82, 2.24) is 14.0 Å². The van der Waals surface area contributed by atoms with Gasteiger partial charge in [-0.15, -0.1) is 0 Å². The third-order valence-electron chi connectivity index (χ3n) is 9.24. The van der Waals surface area contributed by atoms with Crippen LogP contribution in [0.15, 0.2) is 82.4 Å². The van der Waals surface area contributed by atoms with Crippen LogP contribution in [0.2, 0.25) is 0 Å². The van der Waals surface area contributed by atoms with Gasteiger partial charge in [0.2, 0.25) is 0 Å². The van der Waals surface area contributed by atoms with E-state index >= 15 is 4.39 Å². The molecule has 1 atom stereocenters. The Kier molecular flexibility index (Phi) is 9.12. The summed E-state index contributed by atoms with van der Waals surface area (Å²) >= 11 is 0. The van der Waals surface area contributed by atoms with Crippen molar-refractivity contribution in [3.63, 3.8) is 0 Å². The van der Waals surface area contributed by atoms with Crippen molar-refractivity contribution in [3.05, 3.63) is 139 Å². The zero-order chi connectivity index (χ0) is 34.2. The SMILES string of the molecule is COC(=O)c1cccc(CN2CCC3(CC2)OCc2c3c(=O)n(C[C@H](N)c3ccccc3)c(=O)n2Cc2c(F)cccc2C(F)(F)F)c1. The van der Waals surface area contributed by atoms with E-state index in [1.165, 1.54) is 7.11 Å². The van der Waals surface area contributed by atoms with E-state index in [2.05, 4.69) is 4.90 Å². The Morgan fingerprint density at radius 3 is 2.38 bits per heavy atom. The number of benzene rings is 3. The van der Waals surface area contributed by atoms with Crippen molar-refractivity contribution in [2.45, 2.75) is 56.9 Å². The van der Waals surface area contributed by atoms with Crippen molar-refractivity contribution in [2.75, 3.05) is 20.2 Å². The van der Waals surface area contributed by atoms with Crippen molar-refractivity contribution in [1.29, 1.82) is 0 Å². The van der Waals surface area contributed by atoms with E-state index in [4.69, 9.17) is 15.2 Å². The monoisotopic (exact) mass is 666 g/mol. The molecule has 3 heterocycles. The van der Waals surface area contributed by atoms with Crippen LogP contribution in [-0.2, 0) is 47.5 Å². The third-order valence-corrected chi connectivity index (χ3v) is 9.24. The zero-order valence-corrected chi connectivity index (χ0v) is 26.1. The second kappa shape index (κ2) is 13.1. The minimum absolute atomic E-state index is 0.130. The number of nitrogens with two attached hydrogens (primary N) is 1. The van der Waals surface area contributed by atoms with Crippen LogP contribution in [-0.4, -0.2) is 40.2 Å². The summed E-state index contributed by atoms with van der Waals surface area (Å²) in [5.41, 5.74) is 4.15. The van der Waals surface area contributed by atoms with Gasteiger partial charge in [0.1, 0.15) is 11.4 Å². The number of aromatic nitrogens is 2. The topological polar surface area (TPSA) is 109 Å². The van der Waals surface area contributed by atoms with Gasteiger partial charge in [-0.1, -0.05) is 48.5 Å². The van der Waals surface area contributed by atoms with Crippen LogP contribution in [0.25, 0.3) is 0 Å². The van der Waals surface area contributed by atoms with Crippen LogP contribution in [0.1, 0.15) is 62.8 Å². The lowest BCUT2D eigenvalue weighted by atomic mass is 9.85. The molecule has 1 saturated heterocycles. The quantitative estimate of drug-likeness (QED) is 0.214. The Hall–Kier alpha value is -4.59. The highest BCUT2D eigenvalue weighted by atomic mass is 19.4. The van der Waals surface area contributed by atoms with Gasteiger partial charge in [-0.2, -0.15) is 13.2 Å². The Balaban J connectivity index is 1.38. The molecule has 9 nitrogen and oxygen atoms in total. The maximum atomic E-state index is 15.1. The van der Waals surface area contributed by atoms with Crippen LogP contribution >= 0.6 is 0 Å². The second-order valence-corrected chi connectivity index (χ2v) is 12.1. The summed E-state index contributed by atoms with van der Waals surface area (Å²) in [4.78, 5) is 42.4. The molecule has 2 aliphatic heterocycles. The van der Waals surface area contributed by atoms with Gasteiger partial charge in [0.15, 0.2) is 0 Å². The second-order valence-electron chi connectivity index (χ2n) is 12.1. The number of hydrogen-bond acceptors (Lipinski definition) is 7. The summed E-state index contributed by atoms with van der Waals surface area (Å²) in [6, 6.07) is 17.7. The summed E-state index contributed by atoms with van der Waals surface area (Å²) in [5.74, 6) is -1.57. The van der Waals surface area contributed by atoms with Gasteiger partial charge in [0.25, 0.3) is 5.56 Å². The maximum absolute atomic E-state index is 15.1. The molecule has 0 saturated carbocycles. The number of fused-ring (bicyclic) bond motifs is 2. The lowest BCUT2D eigenvalue weighted by Gasteiger charge is -2.39. The van der Waals surface area contributed by atoms with E-state index < -0.39 is 58.5 Å². The fourth-order valence-electron chi connectivity index (χ4n) is 6.74. The number of rotatable bonds is 8. The molecule has 4 aromatic rings. The first-order chi connectivity index (χ1) is 22.9. The minimum atomic E-state index is -4.88. The molecule has 1 aromatic heterocycles. The predicted molar refractivity (Wildman–Crippen MR) is 168 cm³/mol. The van der Waals surface area contributed by atoms with Gasteiger partial charge in [-0.3, -0.25) is 18.8 Å². The largest absolute Gasteiger partial charge is 0.465 e. The Bertz CT molecular complexity index is 1950. The molecule has 0 amide bonds. The number of piperidine rings is 1. The molecular weight excluding hydrogens is 632 g/mol. The highest BCUT2D eigenvalue weighted by Crippen LogP contribution is 2.43. The first kappa shape index (κ1) is 33.3. The number of carbonyl (C=O) groups excluding carboxylic acids is 1. The summed E-state index contributed by atoms with van der Waals surface area (Å²) in [5, 5.41) is 0. The van der Waals surface area contributed by atoms with Gasteiger partial charge in [0, 0.05) is 31.2 Å². The molecule has 252 valence electrons. The molecule has 2 aliphatic rings. The van der Waals surface area contributed by atoms with Gasteiger partial charge in [-0.25, -0.2) is 14.0 Å². The van der Waals surface area contributed by atoms with E-state index in [0.717, 1.165) is 32.9 Å². The molecule has 2 N–H and O–H groups in total. The third kappa shape index (κ3) is 6.32.